The minimum absolute atomic E-state index is 0.0124. The second kappa shape index (κ2) is 8.16. The molecule has 8 nitrogen and oxygen atoms in total. The molecule has 2 unspecified atom stereocenters. The highest BCUT2D eigenvalue weighted by Crippen LogP contribution is 2.26. The van der Waals surface area contributed by atoms with Crippen LogP contribution in [0.4, 0.5) is 13.2 Å². The van der Waals surface area contributed by atoms with Crippen LogP contribution in [0.25, 0.3) is 11.0 Å². The van der Waals surface area contributed by atoms with Gasteiger partial charge in [0.15, 0.2) is 10.8 Å². The summed E-state index contributed by atoms with van der Waals surface area (Å²) < 4.78 is 49.0. The SMILES string of the molecule is CC(C#N)(Cn1nc2ccc(C#N)cc2n1)NC(=O)c1ccc(S(=O)C(F)(F)F)cc1. The Hall–Kier alpha value is -3.77. The average Bonchev–Trinajstić information content (AvgIpc) is 3.13. The molecule has 0 aliphatic carbocycles. The summed E-state index contributed by atoms with van der Waals surface area (Å²) in [5.74, 6) is -0.711. The second-order valence-corrected chi connectivity index (χ2v) is 8.15. The third kappa shape index (κ3) is 4.87. The van der Waals surface area contributed by atoms with Gasteiger partial charge < -0.3 is 5.32 Å². The Morgan fingerprint density at radius 2 is 1.77 bits per heavy atom. The van der Waals surface area contributed by atoms with E-state index < -0.39 is 32.6 Å². The molecule has 2 atom stereocenters. The number of halogens is 3. The Kier molecular flexibility index (Phi) is 5.77. The van der Waals surface area contributed by atoms with Crippen LogP contribution in [0.2, 0.25) is 0 Å². The Morgan fingerprint density at radius 1 is 1.13 bits per heavy atom. The number of amides is 1. The maximum Gasteiger partial charge on any atom is 0.475 e. The number of carbonyl (C=O) groups excluding carboxylic acids is 1. The Bertz CT molecular complexity index is 1260. The van der Waals surface area contributed by atoms with Gasteiger partial charge in [0.05, 0.1) is 24.2 Å². The molecule has 0 saturated heterocycles. The van der Waals surface area contributed by atoms with E-state index in [9.17, 15) is 27.4 Å². The molecule has 1 amide bonds. The first kappa shape index (κ1) is 21.9. The van der Waals surface area contributed by atoms with Crippen molar-refractivity contribution in [1.29, 1.82) is 10.5 Å². The molecule has 12 heteroatoms. The molecule has 3 aromatic rings. The first-order chi connectivity index (χ1) is 14.5. The molecule has 2 aromatic carbocycles. The van der Waals surface area contributed by atoms with E-state index in [0.717, 1.165) is 24.3 Å². The van der Waals surface area contributed by atoms with E-state index in [1.54, 1.807) is 12.1 Å². The lowest BCUT2D eigenvalue weighted by Gasteiger charge is -2.22. The minimum Gasteiger partial charge on any atom is -0.332 e. The highest BCUT2D eigenvalue weighted by Gasteiger charge is 2.38. The number of nitriles is 2. The van der Waals surface area contributed by atoms with Gasteiger partial charge in [-0.15, -0.1) is 0 Å². The monoisotopic (exact) mass is 446 g/mol. The third-order valence-electron chi connectivity index (χ3n) is 4.19. The fourth-order valence-corrected chi connectivity index (χ4v) is 3.32. The van der Waals surface area contributed by atoms with Gasteiger partial charge in [-0.2, -0.15) is 38.7 Å². The first-order valence-electron chi connectivity index (χ1n) is 8.62. The van der Waals surface area contributed by atoms with Crippen molar-refractivity contribution in [2.24, 2.45) is 0 Å². The van der Waals surface area contributed by atoms with Gasteiger partial charge in [-0.3, -0.25) is 4.79 Å². The van der Waals surface area contributed by atoms with Crippen LogP contribution in [0.3, 0.4) is 0 Å². The van der Waals surface area contributed by atoms with Gasteiger partial charge >= 0.3 is 5.51 Å². The van der Waals surface area contributed by atoms with Crippen molar-refractivity contribution in [3.8, 4) is 12.1 Å². The van der Waals surface area contributed by atoms with Crippen molar-refractivity contribution in [1.82, 2.24) is 20.3 Å². The Labute approximate surface area is 176 Å². The number of alkyl halides is 3. The molecule has 1 N–H and O–H groups in total. The van der Waals surface area contributed by atoms with Gasteiger partial charge in [0, 0.05) is 10.5 Å². The van der Waals surface area contributed by atoms with E-state index >= 15 is 0 Å². The Morgan fingerprint density at radius 3 is 2.35 bits per heavy atom. The third-order valence-corrected chi connectivity index (χ3v) is 5.31. The molecule has 0 saturated carbocycles. The summed E-state index contributed by atoms with van der Waals surface area (Å²) in [6, 6.07) is 12.7. The number of fused-ring (bicyclic) bond motifs is 1. The van der Waals surface area contributed by atoms with Crippen LogP contribution in [-0.4, -0.2) is 36.2 Å². The lowest BCUT2D eigenvalue weighted by Crippen LogP contribution is -2.48. The normalized spacial score (nSPS) is 14.3. The summed E-state index contributed by atoms with van der Waals surface area (Å²) >= 11 is 0. The van der Waals surface area contributed by atoms with Gasteiger partial charge in [-0.25, -0.2) is 4.21 Å². The highest BCUT2D eigenvalue weighted by atomic mass is 32.2. The zero-order chi connectivity index (χ0) is 22.8. The van der Waals surface area contributed by atoms with E-state index in [2.05, 4.69) is 15.5 Å². The molecule has 31 heavy (non-hydrogen) atoms. The van der Waals surface area contributed by atoms with Crippen LogP contribution in [0.15, 0.2) is 47.4 Å². The van der Waals surface area contributed by atoms with Gasteiger partial charge in [-0.1, -0.05) is 0 Å². The van der Waals surface area contributed by atoms with Crippen LogP contribution >= 0.6 is 0 Å². The topological polar surface area (TPSA) is 124 Å². The number of aromatic nitrogens is 3. The fraction of sp³-hybridized carbons (Fsp3) is 0.211. The molecule has 158 valence electrons. The highest BCUT2D eigenvalue weighted by molar-refractivity contribution is 7.86. The molecular weight excluding hydrogens is 433 g/mol. The van der Waals surface area contributed by atoms with Crippen molar-refractivity contribution in [3.05, 3.63) is 53.6 Å². The zero-order valence-corrected chi connectivity index (χ0v) is 16.7. The van der Waals surface area contributed by atoms with Gasteiger partial charge in [0.1, 0.15) is 16.6 Å². The summed E-state index contributed by atoms with van der Waals surface area (Å²) in [6.07, 6.45) is 0. The Balaban J connectivity index is 1.76. The molecule has 0 bridgehead atoms. The summed E-state index contributed by atoms with van der Waals surface area (Å²) in [4.78, 5) is 13.2. The van der Waals surface area contributed by atoms with E-state index in [-0.39, 0.29) is 12.1 Å². The van der Waals surface area contributed by atoms with Crippen LogP contribution in [-0.2, 0) is 17.3 Å². The van der Waals surface area contributed by atoms with Crippen molar-refractivity contribution in [3.63, 3.8) is 0 Å². The molecule has 0 spiro atoms. The number of hydrogen-bond acceptors (Lipinski definition) is 6. The molecule has 0 radical (unpaired) electrons. The summed E-state index contributed by atoms with van der Waals surface area (Å²) in [5, 5.41) is 29.4. The molecular formula is C19H13F3N6O2S. The molecule has 3 rings (SSSR count). The van der Waals surface area contributed by atoms with Crippen molar-refractivity contribution >= 4 is 27.7 Å². The minimum atomic E-state index is -4.91. The van der Waals surface area contributed by atoms with E-state index in [0.29, 0.717) is 16.6 Å². The number of hydrogen-bond donors (Lipinski definition) is 1. The largest absolute Gasteiger partial charge is 0.475 e. The first-order valence-corrected chi connectivity index (χ1v) is 9.77. The molecule has 1 heterocycles. The second-order valence-electron chi connectivity index (χ2n) is 6.68. The van der Waals surface area contributed by atoms with Crippen LogP contribution < -0.4 is 5.32 Å². The fourth-order valence-electron chi connectivity index (χ4n) is 2.67. The quantitative estimate of drug-likeness (QED) is 0.643. The van der Waals surface area contributed by atoms with Gasteiger partial charge in [0.25, 0.3) is 5.91 Å². The van der Waals surface area contributed by atoms with Crippen LogP contribution in [0.5, 0.6) is 0 Å². The standard InChI is InChI=1S/C19H13F3N6O2S/c1-18(10-24,11-28-26-15-7-2-12(9-23)8-16(15)27-28)25-17(29)13-3-5-14(6-4-13)31(30)19(20,21)22/h2-8H,11H2,1H3,(H,25,29). The lowest BCUT2D eigenvalue weighted by atomic mass is 10.0. The number of rotatable bonds is 5. The van der Waals surface area contributed by atoms with E-state index in [1.807, 2.05) is 12.1 Å². The summed E-state index contributed by atoms with van der Waals surface area (Å²) in [7, 11) is -3.20. The molecule has 0 aliphatic heterocycles. The maximum absolute atomic E-state index is 12.5. The van der Waals surface area contributed by atoms with Crippen molar-refractivity contribution in [2.45, 2.75) is 29.4 Å². The van der Waals surface area contributed by atoms with Crippen molar-refractivity contribution in [2.75, 3.05) is 0 Å². The summed E-state index contributed by atoms with van der Waals surface area (Å²) in [6.45, 7) is 1.31. The van der Waals surface area contributed by atoms with Gasteiger partial charge in [0.2, 0.25) is 0 Å². The van der Waals surface area contributed by atoms with Crippen LogP contribution in [0, 0.1) is 22.7 Å². The van der Waals surface area contributed by atoms with E-state index in [4.69, 9.17) is 5.26 Å². The molecule has 1 aromatic heterocycles. The lowest BCUT2D eigenvalue weighted by molar-refractivity contribution is -0.0384. The summed E-state index contributed by atoms with van der Waals surface area (Å²) in [5.41, 5.74) is -5.03. The predicted octanol–water partition coefficient (Wildman–Crippen LogP) is 2.64. The van der Waals surface area contributed by atoms with Gasteiger partial charge in [-0.05, 0) is 49.4 Å². The predicted molar refractivity (Wildman–Crippen MR) is 103 cm³/mol. The average molecular weight is 446 g/mol. The smallest absolute Gasteiger partial charge is 0.332 e. The number of nitrogens with zero attached hydrogens (tertiary/aromatic N) is 5. The number of benzene rings is 2. The van der Waals surface area contributed by atoms with E-state index in [1.165, 1.54) is 17.8 Å². The van der Waals surface area contributed by atoms with Crippen molar-refractivity contribution < 1.29 is 22.2 Å². The zero-order valence-electron chi connectivity index (χ0n) is 15.8. The number of nitrogens with one attached hydrogen (secondary N) is 1. The maximum atomic E-state index is 12.5. The van der Waals surface area contributed by atoms with Crippen LogP contribution in [0.1, 0.15) is 22.8 Å². The molecule has 0 aliphatic rings. The molecule has 0 fully saturated rings. The number of carbonyl (C=O) groups is 1.